The lowest BCUT2D eigenvalue weighted by Crippen LogP contribution is -2.33. The van der Waals surface area contributed by atoms with Crippen molar-refractivity contribution in [2.75, 3.05) is 13.1 Å². The van der Waals surface area contributed by atoms with E-state index in [4.69, 9.17) is 11.6 Å². The summed E-state index contributed by atoms with van der Waals surface area (Å²) in [6, 6.07) is 16.5. The van der Waals surface area contributed by atoms with Gasteiger partial charge in [0.15, 0.2) is 0 Å². The van der Waals surface area contributed by atoms with Crippen molar-refractivity contribution in [1.29, 1.82) is 0 Å². The molecule has 0 spiro atoms. The van der Waals surface area contributed by atoms with Crippen LogP contribution in [0.4, 0.5) is 4.39 Å². The van der Waals surface area contributed by atoms with Gasteiger partial charge < -0.3 is 4.98 Å². The third-order valence-electron chi connectivity index (χ3n) is 5.89. The maximum absolute atomic E-state index is 13.3. The van der Waals surface area contributed by atoms with E-state index in [1.165, 1.54) is 5.56 Å². The Balaban J connectivity index is 1.51. The number of piperidine rings is 1. The number of aryl methyl sites for hydroxylation is 2. The Hall–Kier alpha value is -2.43. The molecule has 30 heavy (non-hydrogen) atoms. The highest BCUT2D eigenvalue weighted by atomic mass is 35.5. The fourth-order valence-electron chi connectivity index (χ4n) is 4.15. The number of aromatic amines is 1. The third-order valence-corrected chi connectivity index (χ3v) is 6.34. The van der Waals surface area contributed by atoms with Gasteiger partial charge in [0.05, 0.1) is 0 Å². The van der Waals surface area contributed by atoms with Crippen LogP contribution >= 0.6 is 11.6 Å². The molecule has 1 aromatic heterocycles. The quantitative estimate of drug-likeness (QED) is 0.564. The largest absolute Gasteiger partial charge is 0.361 e. The van der Waals surface area contributed by atoms with Crippen LogP contribution in [0.5, 0.6) is 0 Å². The Morgan fingerprint density at radius 3 is 2.07 bits per heavy atom. The van der Waals surface area contributed by atoms with Crippen LogP contribution in [0.15, 0.2) is 53.3 Å². The molecule has 0 saturated carbocycles. The number of nitrogens with zero attached hydrogens (tertiary/aromatic N) is 1. The van der Waals surface area contributed by atoms with E-state index < -0.39 is 6.17 Å². The zero-order chi connectivity index (χ0) is 21.3. The van der Waals surface area contributed by atoms with Crippen molar-refractivity contribution < 1.29 is 4.39 Å². The van der Waals surface area contributed by atoms with Crippen molar-refractivity contribution in [2.45, 2.75) is 39.4 Å². The van der Waals surface area contributed by atoms with Crippen LogP contribution in [0.25, 0.3) is 22.3 Å². The minimum atomic E-state index is -0.637. The lowest BCUT2D eigenvalue weighted by Gasteiger charge is -2.28. The molecule has 1 fully saturated rings. The van der Waals surface area contributed by atoms with E-state index in [-0.39, 0.29) is 10.5 Å². The highest BCUT2D eigenvalue weighted by Gasteiger charge is 2.18. The average Bonchev–Trinajstić information content (AvgIpc) is 2.75. The van der Waals surface area contributed by atoms with Gasteiger partial charge in [0.2, 0.25) is 5.43 Å². The number of aromatic nitrogens is 1. The maximum Gasteiger partial charge on any atom is 0.208 e. The van der Waals surface area contributed by atoms with Gasteiger partial charge in [-0.2, -0.15) is 0 Å². The predicted octanol–water partition coefficient (Wildman–Crippen LogP) is 5.91. The minimum Gasteiger partial charge on any atom is -0.361 e. The molecule has 1 aliphatic rings. The molecule has 2 aromatic carbocycles. The molecule has 0 unspecified atom stereocenters. The standard InChI is InChI=1S/C25H26ClFN2O/c1-16-23(25(30)24(26)17(2)28-16)21-9-7-20(8-10-21)19-5-3-18(4-6-19)15-29-13-11-22(27)12-14-29/h3-10,22H,11-15H2,1-2H3,(H,28,30). The molecule has 3 nitrogen and oxygen atoms in total. The fourth-order valence-corrected chi connectivity index (χ4v) is 4.29. The van der Waals surface area contributed by atoms with Crippen LogP contribution in [0.2, 0.25) is 5.02 Å². The van der Waals surface area contributed by atoms with Crippen molar-refractivity contribution in [2.24, 2.45) is 0 Å². The van der Waals surface area contributed by atoms with Crippen LogP contribution in [0.3, 0.4) is 0 Å². The molecule has 1 aliphatic heterocycles. The Morgan fingerprint density at radius 2 is 1.47 bits per heavy atom. The summed E-state index contributed by atoms with van der Waals surface area (Å²) in [5.41, 5.74) is 6.29. The maximum atomic E-state index is 13.3. The molecule has 0 amide bonds. The van der Waals surface area contributed by atoms with E-state index in [2.05, 4.69) is 34.1 Å². The second kappa shape index (κ2) is 8.75. The topological polar surface area (TPSA) is 36.1 Å². The van der Waals surface area contributed by atoms with Crippen molar-refractivity contribution >= 4 is 11.6 Å². The van der Waals surface area contributed by atoms with Crippen molar-refractivity contribution in [3.05, 3.63) is 80.7 Å². The Bertz CT molecular complexity index is 1080. The fraction of sp³-hybridized carbons (Fsp3) is 0.320. The first-order valence-electron chi connectivity index (χ1n) is 10.4. The first-order chi connectivity index (χ1) is 14.4. The Morgan fingerprint density at radius 1 is 0.933 bits per heavy atom. The number of hydrogen-bond donors (Lipinski definition) is 1. The lowest BCUT2D eigenvalue weighted by molar-refractivity contribution is 0.145. The van der Waals surface area contributed by atoms with E-state index in [0.717, 1.165) is 42.0 Å². The van der Waals surface area contributed by atoms with Crippen LogP contribution in [0.1, 0.15) is 29.8 Å². The summed E-state index contributed by atoms with van der Waals surface area (Å²) in [6.07, 6.45) is 0.639. The summed E-state index contributed by atoms with van der Waals surface area (Å²) >= 11 is 6.16. The number of alkyl halides is 1. The second-order valence-electron chi connectivity index (χ2n) is 8.12. The van der Waals surface area contributed by atoms with Gasteiger partial charge in [-0.15, -0.1) is 0 Å². The molecule has 0 radical (unpaired) electrons. The molecule has 3 aromatic rings. The third kappa shape index (κ3) is 4.35. The SMILES string of the molecule is Cc1[nH]c(C)c(-c2ccc(-c3ccc(CN4CCC(F)CC4)cc3)cc2)c(=O)c1Cl. The highest BCUT2D eigenvalue weighted by molar-refractivity contribution is 6.31. The Labute approximate surface area is 181 Å². The number of nitrogens with one attached hydrogen (secondary N) is 1. The normalized spacial score (nSPS) is 15.5. The van der Waals surface area contributed by atoms with Gasteiger partial charge in [-0.05, 0) is 48.9 Å². The van der Waals surface area contributed by atoms with Crippen LogP contribution in [-0.4, -0.2) is 29.1 Å². The summed E-state index contributed by atoms with van der Waals surface area (Å²) in [7, 11) is 0. The predicted molar refractivity (Wildman–Crippen MR) is 122 cm³/mol. The second-order valence-corrected chi connectivity index (χ2v) is 8.50. The first kappa shape index (κ1) is 20.8. The number of likely N-dealkylation sites (tertiary alicyclic amines) is 1. The number of hydrogen-bond acceptors (Lipinski definition) is 2. The van der Waals surface area contributed by atoms with Crippen LogP contribution < -0.4 is 5.43 Å². The van der Waals surface area contributed by atoms with E-state index in [0.29, 0.717) is 24.1 Å². The van der Waals surface area contributed by atoms with Crippen molar-refractivity contribution in [3.8, 4) is 22.3 Å². The number of halogens is 2. The molecule has 4 rings (SSSR count). The monoisotopic (exact) mass is 424 g/mol. The zero-order valence-corrected chi connectivity index (χ0v) is 18.1. The average molecular weight is 425 g/mol. The van der Waals surface area contributed by atoms with Gasteiger partial charge in [0.1, 0.15) is 11.2 Å². The van der Waals surface area contributed by atoms with E-state index >= 15 is 0 Å². The number of benzene rings is 2. The van der Waals surface area contributed by atoms with Gasteiger partial charge in [-0.25, -0.2) is 4.39 Å². The first-order valence-corrected chi connectivity index (χ1v) is 10.8. The van der Waals surface area contributed by atoms with E-state index in [1.807, 2.05) is 31.2 Å². The molecular formula is C25H26ClFN2O. The molecule has 2 heterocycles. The zero-order valence-electron chi connectivity index (χ0n) is 17.3. The molecule has 1 saturated heterocycles. The van der Waals surface area contributed by atoms with Crippen LogP contribution in [0, 0.1) is 13.8 Å². The summed E-state index contributed by atoms with van der Waals surface area (Å²) in [5, 5.41) is 0.242. The van der Waals surface area contributed by atoms with Gasteiger partial charge >= 0.3 is 0 Å². The smallest absolute Gasteiger partial charge is 0.208 e. The molecule has 5 heteroatoms. The molecule has 156 valence electrons. The van der Waals surface area contributed by atoms with Gasteiger partial charge in [0, 0.05) is 36.6 Å². The number of pyridine rings is 1. The lowest BCUT2D eigenvalue weighted by atomic mass is 9.98. The molecule has 0 aliphatic carbocycles. The molecule has 1 N–H and O–H groups in total. The Kier molecular flexibility index (Phi) is 6.07. The summed E-state index contributed by atoms with van der Waals surface area (Å²) in [5.74, 6) is 0. The molecule has 0 bridgehead atoms. The highest BCUT2D eigenvalue weighted by Crippen LogP contribution is 2.27. The van der Waals surface area contributed by atoms with Crippen molar-refractivity contribution in [1.82, 2.24) is 9.88 Å². The summed E-state index contributed by atoms with van der Waals surface area (Å²) < 4.78 is 13.3. The number of rotatable bonds is 4. The minimum absolute atomic E-state index is 0.140. The summed E-state index contributed by atoms with van der Waals surface area (Å²) in [4.78, 5) is 18.1. The van der Waals surface area contributed by atoms with Gasteiger partial charge in [-0.3, -0.25) is 9.69 Å². The summed E-state index contributed by atoms with van der Waals surface area (Å²) in [6.45, 7) is 6.21. The van der Waals surface area contributed by atoms with E-state index in [9.17, 15) is 9.18 Å². The van der Waals surface area contributed by atoms with Gasteiger partial charge in [0.25, 0.3) is 0 Å². The van der Waals surface area contributed by atoms with E-state index in [1.54, 1.807) is 6.92 Å². The van der Waals surface area contributed by atoms with Crippen molar-refractivity contribution in [3.63, 3.8) is 0 Å². The number of H-pyrrole nitrogens is 1. The molecule has 0 atom stereocenters. The van der Waals surface area contributed by atoms with Crippen LogP contribution in [-0.2, 0) is 6.54 Å². The molecular weight excluding hydrogens is 399 g/mol. The van der Waals surface area contributed by atoms with Gasteiger partial charge in [-0.1, -0.05) is 60.1 Å².